The van der Waals surface area contributed by atoms with Crippen molar-refractivity contribution in [2.75, 3.05) is 7.11 Å². The number of methoxy groups -OCH3 is 1. The number of amides is 1. The van der Waals surface area contributed by atoms with Crippen molar-refractivity contribution in [1.29, 1.82) is 0 Å². The van der Waals surface area contributed by atoms with E-state index in [9.17, 15) is 45.0 Å². The molecule has 0 radical (unpaired) electrons. The number of allylic oxidation sites excluding steroid dienone is 1. The van der Waals surface area contributed by atoms with Gasteiger partial charge in [-0.25, -0.2) is 4.79 Å². The molecule has 4 aliphatic carbocycles. The normalized spacial score (nSPS) is 38.8. The lowest BCUT2D eigenvalue weighted by atomic mass is 9.42. The molecule has 1 heterocycles. The number of aliphatic hydroxyl groups excluding tert-OH is 4. The Kier molecular flexibility index (Phi) is 12.4. The second-order valence-corrected chi connectivity index (χ2v) is 20.6. The first-order valence-corrected chi connectivity index (χ1v) is 21.5. The van der Waals surface area contributed by atoms with E-state index in [-0.39, 0.29) is 23.2 Å². The number of nitrogens with one attached hydrogen (secondary N) is 1. The Labute approximate surface area is 348 Å². The molecule has 1 aromatic carbocycles. The number of hydrogen-bond acceptors (Lipinski definition) is 12. The monoisotopic (exact) mass is 827 g/mol. The maximum absolute atomic E-state index is 13.6. The van der Waals surface area contributed by atoms with E-state index >= 15 is 0 Å². The molecule has 1 aromatic rings. The van der Waals surface area contributed by atoms with Crippen LogP contribution in [0.15, 0.2) is 41.5 Å². The molecular weight excluding hydrogens is 759 g/mol. The first-order valence-electron chi connectivity index (χ1n) is 21.5. The maximum Gasteiger partial charge on any atom is 0.331 e. The number of hydrogen-bond donors (Lipinski definition) is 7. The number of ether oxygens (including phenoxy) is 3. The van der Waals surface area contributed by atoms with Crippen molar-refractivity contribution in [3.05, 3.63) is 47.0 Å². The van der Waals surface area contributed by atoms with Crippen LogP contribution in [-0.4, -0.2) is 104 Å². The summed E-state index contributed by atoms with van der Waals surface area (Å²) in [4.78, 5) is 39.4. The molecule has 0 bridgehead atoms. The van der Waals surface area contributed by atoms with Gasteiger partial charge in [-0.2, -0.15) is 0 Å². The van der Waals surface area contributed by atoms with E-state index in [1.54, 1.807) is 44.2 Å². The van der Waals surface area contributed by atoms with E-state index in [0.717, 1.165) is 38.4 Å². The summed E-state index contributed by atoms with van der Waals surface area (Å²) in [6.45, 7) is 15.3. The van der Waals surface area contributed by atoms with Crippen molar-refractivity contribution in [1.82, 2.24) is 5.32 Å². The first-order chi connectivity index (χ1) is 27.3. The summed E-state index contributed by atoms with van der Waals surface area (Å²) in [5, 5.41) is 70.7. The molecule has 7 N–H and O–H groups in total. The lowest BCUT2D eigenvalue weighted by molar-refractivity contribution is -0.251. The van der Waals surface area contributed by atoms with Crippen LogP contribution in [-0.2, 0) is 28.6 Å². The standard InChI is InChI=1S/C46H69NO12/c1-41(2)31-17-16-28-29(21-32(48)46(8)27(19-20-45(28,46)7)26-15-18-33(42(3,4)55)59-39(26)53)44(31,6)22-30(38(41)52)58-35(50)24-43(5,56)23-34(49)47-36(40(54)57-9)37(51)25-13-11-10-12-14-25/h10-14,26-27,30-33,36-39,48,51-53,55-56H,15-24H2,1-9H3,(H,47,49)/t26-,27-,30-,31+,32+,33-,36-,37-,38+,39-,43+,44-,45+,46+/m1/s1. The second-order valence-electron chi connectivity index (χ2n) is 20.6. The van der Waals surface area contributed by atoms with Gasteiger partial charge in [-0.1, -0.05) is 76.1 Å². The molecule has 0 spiro atoms. The largest absolute Gasteiger partial charge is 0.467 e. The zero-order chi connectivity index (χ0) is 43.7. The van der Waals surface area contributed by atoms with E-state index in [1.807, 2.05) is 13.8 Å². The Hall–Kier alpha value is -2.91. The minimum atomic E-state index is -1.90. The fourth-order valence-electron chi connectivity index (χ4n) is 12.8. The molecule has 0 aromatic heterocycles. The summed E-state index contributed by atoms with van der Waals surface area (Å²) in [6.07, 6.45) is -1.48. The Morgan fingerprint density at radius 2 is 1.59 bits per heavy atom. The average molecular weight is 828 g/mol. The van der Waals surface area contributed by atoms with Crippen LogP contribution in [0.2, 0.25) is 0 Å². The van der Waals surface area contributed by atoms with Crippen molar-refractivity contribution >= 4 is 17.8 Å². The topological polar surface area (TPSA) is 212 Å². The SMILES string of the molecule is COC(=O)[C@H](NC(=O)C[C@](C)(O)CC(=O)O[C@@H]1C[C@]2(C)C3=C(CC[C@H]2C(C)(C)[C@H]1O)[C@]1(C)CC[C@H]([C@H]2CC[C@H](C(C)(C)O)O[C@H]2O)[C@@]1(C)[C@@H](O)C3)[C@H](O)c1ccccc1. The van der Waals surface area contributed by atoms with Gasteiger partial charge in [0.15, 0.2) is 12.3 Å². The van der Waals surface area contributed by atoms with E-state index in [4.69, 9.17) is 14.2 Å². The van der Waals surface area contributed by atoms with Crippen LogP contribution >= 0.6 is 0 Å². The zero-order valence-electron chi connectivity index (χ0n) is 36.4. The molecule has 0 unspecified atom stereocenters. The molecule has 6 rings (SSSR count). The number of rotatable bonds is 11. The van der Waals surface area contributed by atoms with Crippen molar-refractivity contribution in [2.24, 2.45) is 39.4 Å². The lowest BCUT2D eigenvalue weighted by Gasteiger charge is -2.64. The van der Waals surface area contributed by atoms with Crippen LogP contribution in [0.3, 0.4) is 0 Å². The fourth-order valence-corrected chi connectivity index (χ4v) is 12.8. The van der Waals surface area contributed by atoms with E-state index in [0.29, 0.717) is 31.2 Å². The molecule has 2 saturated carbocycles. The third-order valence-electron chi connectivity index (χ3n) is 16.1. The molecule has 13 heteroatoms. The van der Waals surface area contributed by atoms with Gasteiger partial charge >= 0.3 is 11.9 Å². The zero-order valence-corrected chi connectivity index (χ0v) is 36.4. The highest BCUT2D eigenvalue weighted by molar-refractivity contribution is 5.86. The molecule has 1 aliphatic heterocycles. The second kappa shape index (κ2) is 16.1. The minimum absolute atomic E-state index is 0.00619. The summed E-state index contributed by atoms with van der Waals surface area (Å²) in [5.41, 5.74) is -2.27. The van der Waals surface area contributed by atoms with Crippen molar-refractivity contribution in [2.45, 2.75) is 174 Å². The van der Waals surface area contributed by atoms with Gasteiger partial charge in [0.1, 0.15) is 12.2 Å². The van der Waals surface area contributed by atoms with Gasteiger partial charge in [-0.15, -0.1) is 0 Å². The molecule has 3 fully saturated rings. The molecule has 1 amide bonds. The van der Waals surface area contributed by atoms with Gasteiger partial charge in [0.2, 0.25) is 5.91 Å². The van der Waals surface area contributed by atoms with Crippen LogP contribution in [0.5, 0.6) is 0 Å². The lowest BCUT2D eigenvalue weighted by Crippen LogP contribution is -2.62. The summed E-state index contributed by atoms with van der Waals surface area (Å²) >= 11 is 0. The first kappa shape index (κ1) is 45.6. The number of esters is 2. The Balaban J connectivity index is 1.18. The average Bonchev–Trinajstić information content (AvgIpc) is 3.43. The Bertz CT molecular complexity index is 1770. The van der Waals surface area contributed by atoms with E-state index < -0.39 is 101 Å². The number of benzene rings is 1. The molecular formula is C46H69NO12. The number of carbonyl (C=O) groups is 3. The Morgan fingerprint density at radius 3 is 2.20 bits per heavy atom. The van der Waals surface area contributed by atoms with E-state index in [1.165, 1.54) is 12.5 Å². The fraction of sp³-hybridized carbons (Fsp3) is 0.761. The minimum Gasteiger partial charge on any atom is -0.467 e. The van der Waals surface area contributed by atoms with Gasteiger partial charge in [0, 0.05) is 11.3 Å². The highest BCUT2D eigenvalue weighted by Crippen LogP contribution is 2.73. The molecule has 14 atom stereocenters. The highest BCUT2D eigenvalue weighted by Gasteiger charge is 2.68. The smallest absolute Gasteiger partial charge is 0.331 e. The number of carbonyl (C=O) groups excluding carboxylic acids is 3. The van der Waals surface area contributed by atoms with Crippen LogP contribution in [0.4, 0.5) is 0 Å². The highest BCUT2D eigenvalue weighted by atomic mass is 16.6. The number of fused-ring (bicyclic) bond motifs is 4. The quantitative estimate of drug-likeness (QED) is 0.122. The van der Waals surface area contributed by atoms with Crippen LogP contribution < -0.4 is 5.32 Å². The van der Waals surface area contributed by atoms with Crippen LogP contribution in [0, 0.1) is 39.4 Å². The maximum atomic E-state index is 13.6. The summed E-state index contributed by atoms with van der Waals surface area (Å²) < 4.78 is 16.9. The summed E-state index contributed by atoms with van der Waals surface area (Å²) in [5.74, 6) is -2.65. The molecule has 13 nitrogen and oxygen atoms in total. The summed E-state index contributed by atoms with van der Waals surface area (Å²) in [6, 6.07) is 6.82. The van der Waals surface area contributed by atoms with Crippen LogP contribution in [0.25, 0.3) is 0 Å². The van der Waals surface area contributed by atoms with Crippen molar-refractivity contribution in [3.63, 3.8) is 0 Å². The molecule has 330 valence electrons. The Morgan fingerprint density at radius 1 is 0.932 bits per heavy atom. The van der Waals surface area contributed by atoms with Gasteiger partial charge < -0.3 is 50.2 Å². The molecule has 1 saturated heterocycles. The molecule has 59 heavy (non-hydrogen) atoms. The van der Waals surface area contributed by atoms with Crippen molar-refractivity contribution < 1.29 is 59.2 Å². The van der Waals surface area contributed by atoms with E-state index in [2.05, 4.69) is 26.1 Å². The van der Waals surface area contributed by atoms with Crippen LogP contribution in [0.1, 0.15) is 131 Å². The predicted octanol–water partition coefficient (Wildman–Crippen LogP) is 4.40. The van der Waals surface area contributed by atoms with Crippen molar-refractivity contribution in [3.8, 4) is 0 Å². The van der Waals surface area contributed by atoms with Gasteiger partial charge in [-0.3, -0.25) is 9.59 Å². The summed E-state index contributed by atoms with van der Waals surface area (Å²) in [7, 11) is 1.13. The number of aliphatic hydroxyl groups is 6. The molecule has 5 aliphatic rings. The predicted molar refractivity (Wildman–Crippen MR) is 217 cm³/mol. The third kappa shape index (κ3) is 8.03. The third-order valence-corrected chi connectivity index (χ3v) is 16.1. The van der Waals surface area contributed by atoms with Gasteiger partial charge in [0.05, 0.1) is 49.5 Å². The van der Waals surface area contributed by atoms with Gasteiger partial charge in [-0.05, 0) is 106 Å². The van der Waals surface area contributed by atoms with Gasteiger partial charge in [0.25, 0.3) is 0 Å².